The van der Waals surface area contributed by atoms with Gasteiger partial charge in [0.05, 0.1) is 16.3 Å². The molecule has 1 aliphatic rings. The van der Waals surface area contributed by atoms with Crippen LogP contribution in [-0.4, -0.2) is 46.5 Å². The highest BCUT2D eigenvalue weighted by molar-refractivity contribution is 6.31. The maximum atomic E-state index is 12.9. The Bertz CT molecular complexity index is 1280. The summed E-state index contributed by atoms with van der Waals surface area (Å²) in [7, 11) is 1.55. The number of hydrogen-bond acceptors (Lipinski definition) is 4. The van der Waals surface area contributed by atoms with E-state index in [0.717, 1.165) is 18.4 Å². The van der Waals surface area contributed by atoms with Crippen molar-refractivity contribution in [2.75, 3.05) is 24.2 Å². The normalized spacial score (nSPS) is 13.6. The molecule has 0 saturated heterocycles. The molecule has 180 valence electrons. The van der Waals surface area contributed by atoms with Crippen LogP contribution in [0.3, 0.4) is 0 Å². The van der Waals surface area contributed by atoms with E-state index in [1.807, 2.05) is 12.1 Å². The molecule has 0 bridgehead atoms. The Kier molecular flexibility index (Phi) is 6.95. The third-order valence-corrected chi connectivity index (χ3v) is 6.38. The lowest BCUT2D eigenvalue weighted by molar-refractivity contribution is 0.102. The molecule has 1 aromatic heterocycles. The van der Waals surface area contributed by atoms with Gasteiger partial charge in [-0.15, -0.1) is 0 Å². The molecule has 0 aliphatic heterocycles. The van der Waals surface area contributed by atoms with E-state index in [1.165, 1.54) is 17.2 Å². The van der Waals surface area contributed by atoms with Gasteiger partial charge in [-0.05, 0) is 60.9 Å². The zero-order chi connectivity index (χ0) is 25.2. The Balaban J connectivity index is 1.49. The average Bonchev–Trinajstić information content (AvgIpc) is 3.62. The van der Waals surface area contributed by atoms with E-state index in [-0.39, 0.29) is 16.7 Å². The van der Waals surface area contributed by atoms with Gasteiger partial charge in [0, 0.05) is 35.8 Å². The molecule has 10 heteroatoms. The standard InChI is InChI=1S/C25H22Cl2N4O4/c1-31(24(34)35)14-25(10-11-25)16-4-2-15(3-5-16)22(32)29-20-8-6-17(26)12-19(20)23(33)30-21-9-7-18(27)13-28-21/h2-9,12-13H,10-11,14H2,1H3,(H,29,32)(H,34,35)(H,28,30,33). The molecule has 1 fully saturated rings. The number of nitrogens with one attached hydrogen (secondary N) is 2. The number of pyridine rings is 1. The molecular weight excluding hydrogens is 491 g/mol. The fraction of sp³-hybridized carbons (Fsp3) is 0.200. The molecule has 0 radical (unpaired) electrons. The van der Waals surface area contributed by atoms with Crippen LogP contribution in [0, 0.1) is 0 Å². The highest BCUT2D eigenvalue weighted by Gasteiger charge is 2.45. The Labute approximate surface area is 211 Å². The van der Waals surface area contributed by atoms with Crippen molar-refractivity contribution in [2.45, 2.75) is 18.3 Å². The first-order valence-electron chi connectivity index (χ1n) is 10.8. The molecule has 3 amide bonds. The van der Waals surface area contributed by atoms with Gasteiger partial charge in [0.1, 0.15) is 5.82 Å². The van der Waals surface area contributed by atoms with Crippen LogP contribution in [0.4, 0.5) is 16.3 Å². The van der Waals surface area contributed by atoms with Crippen LogP contribution in [0.5, 0.6) is 0 Å². The summed E-state index contributed by atoms with van der Waals surface area (Å²) < 4.78 is 0. The largest absolute Gasteiger partial charge is 0.465 e. The van der Waals surface area contributed by atoms with Crippen LogP contribution in [0.2, 0.25) is 10.0 Å². The zero-order valence-electron chi connectivity index (χ0n) is 18.7. The SMILES string of the molecule is CN(CC1(c2ccc(C(=O)Nc3ccc(Cl)cc3C(=O)Nc3ccc(Cl)cn3)cc2)CC1)C(=O)O. The fourth-order valence-corrected chi connectivity index (χ4v) is 4.11. The third-order valence-electron chi connectivity index (χ3n) is 5.92. The van der Waals surface area contributed by atoms with Crippen LogP contribution in [-0.2, 0) is 5.41 Å². The molecule has 0 spiro atoms. The third kappa shape index (κ3) is 5.72. The van der Waals surface area contributed by atoms with Crippen LogP contribution >= 0.6 is 23.2 Å². The maximum absolute atomic E-state index is 12.9. The summed E-state index contributed by atoms with van der Waals surface area (Å²) in [6.45, 7) is 0.402. The van der Waals surface area contributed by atoms with Crippen molar-refractivity contribution in [1.82, 2.24) is 9.88 Å². The van der Waals surface area contributed by atoms with Crippen LogP contribution in [0.25, 0.3) is 0 Å². The first kappa shape index (κ1) is 24.5. The minimum absolute atomic E-state index is 0.174. The number of halogens is 2. The quantitative estimate of drug-likeness (QED) is 0.385. The molecule has 35 heavy (non-hydrogen) atoms. The van der Waals surface area contributed by atoms with E-state index in [0.29, 0.717) is 28.0 Å². The molecule has 1 heterocycles. The highest BCUT2D eigenvalue weighted by Crippen LogP contribution is 2.48. The molecule has 4 rings (SSSR count). The molecule has 1 saturated carbocycles. The Morgan fingerprint density at radius 3 is 2.26 bits per heavy atom. The lowest BCUT2D eigenvalue weighted by Crippen LogP contribution is -2.33. The number of benzene rings is 2. The van der Waals surface area contributed by atoms with Gasteiger partial charge in [-0.3, -0.25) is 9.59 Å². The molecule has 8 nitrogen and oxygen atoms in total. The highest BCUT2D eigenvalue weighted by atomic mass is 35.5. The Morgan fingerprint density at radius 2 is 1.66 bits per heavy atom. The van der Waals surface area contributed by atoms with Gasteiger partial charge in [0.25, 0.3) is 11.8 Å². The van der Waals surface area contributed by atoms with Gasteiger partial charge >= 0.3 is 6.09 Å². The summed E-state index contributed by atoms with van der Waals surface area (Å²) in [6.07, 6.45) is 2.22. The second-order valence-corrected chi connectivity index (χ2v) is 9.33. The molecular formula is C25H22Cl2N4O4. The predicted octanol–water partition coefficient (Wildman–Crippen LogP) is 5.53. The number of amides is 3. The molecule has 1 aliphatic carbocycles. The topological polar surface area (TPSA) is 112 Å². The van der Waals surface area contributed by atoms with E-state index in [1.54, 1.807) is 43.4 Å². The second-order valence-electron chi connectivity index (χ2n) is 8.46. The number of rotatable bonds is 7. The smallest absolute Gasteiger partial charge is 0.407 e. The second kappa shape index (κ2) is 9.93. The Hall–Kier alpha value is -3.62. The summed E-state index contributed by atoms with van der Waals surface area (Å²) in [5, 5.41) is 15.4. The van der Waals surface area contributed by atoms with Gasteiger partial charge in [-0.1, -0.05) is 35.3 Å². The van der Waals surface area contributed by atoms with Crippen molar-refractivity contribution in [3.8, 4) is 0 Å². The number of nitrogens with zero attached hydrogens (tertiary/aromatic N) is 2. The van der Waals surface area contributed by atoms with Crippen LogP contribution < -0.4 is 10.6 Å². The van der Waals surface area contributed by atoms with Crippen molar-refractivity contribution >= 4 is 52.6 Å². The number of anilines is 2. The molecule has 3 aromatic rings. The van der Waals surface area contributed by atoms with Gasteiger partial charge < -0.3 is 20.6 Å². The number of likely N-dealkylation sites (N-methyl/N-ethyl adjacent to an activating group) is 1. The summed E-state index contributed by atoms with van der Waals surface area (Å²) >= 11 is 11.9. The summed E-state index contributed by atoms with van der Waals surface area (Å²) in [5.74, 6) is -0.592. The van der Waals surface area contributed by atoms with Gasteiger partial charge in [0.15, 0.2) is 0 Å². The zero-order valence-corrected chi connectivity index (χ0v) is 20.2. The lowest BCUT2D eigenvalue weighted by atomic mass is 9.94. The molecule has 0 unspecified atom stereocenters. The van der Waals surface area contributed by atoms with E-state index in [9.17, 15) is 19.5 Å². The fourth-order valence-electron chi connectivity index (χ4n) is 3.83. The summed E-state index contributed by atoms with van der Waals surface area (Å²) in [6, 6.07) is 14.8. The van der Waals surface area contributed by atoms with E-state index in [2.05, 4.69) is 15.6 Å². The summed E-state index contributed by atoms with van der Waals surface area (Å²) in [4.78, 5) is 42.3. The minimum atomic E-state index is -0.970. The lowest BCUT2D eigenvalue weighted by Gasteiger charge is -2.22. The first-order valence-corrected chi connectivity index (χ1v) is 11.5. The van der Waals surface area contributed by atoms with E-state index >= 15 is 0 Å². The molecule has 3 N–H and O–H groups in total. The predicted molar refractivity (Wildman–Crippen MR) is 135 cm³/mol. The van der Waals surface area contributed by atoms with Crippen molar-refractivity contribution in [2.24, 2.45) is 0 Å². The van der Waals surface area contributed by atoms with E-state index in [4.69, 9.17) is 23.2 Å². The number of carbonyl (C=O) groups is 3. The number of aromatic nitrogens is 1. The monoisotopic (exact) mass is 512 g/mol. The van der Waals surface area contributed by atoms with Crippen molar-refractivity contribution in [1.29, 1.82) is 0 Å². The maximum Gasteiger partial charge on any atom is 0.407 e. The van der Waals surface area contributed by atoms with Crippen LogP contribution in [0.1, 0.15) is 39.1 Å². The van der Waals surface area contributed by atoms with Gasteiger partial charge in [0.2, 0.25) is 0 Å². The van der Waals surface area contributed by atoms with Crippen molar-refractivity contribution in [3.63, 3.8) is 0 Å². The Morgan fingerprint density at radius 1 is 0.971 bits per heavy atom. The summed E-state index contributed by atoms with van der Waals surface area (Å²) in [5.41, 5.74) is 1.64. The first-order chi connectivity index (χ1) is 16.7. The number of carboxylic acid groups (broad SMARTS) is 1. The van der Waals surface area contributed by atoms with Gasteiger partial charge in [-0.25, -0.2) is 9.78 Å². The minimum Gasteiger partial charge on any atom is -0.465 e. The van der Waals surface area contributed by atoms with Crippen LogP contribution in [0.15, 0.2) is 60.8 Å². The number of carbonyl (C=O) groups excluding carboxylic acids is 2. The molecule has 0 atom stereocenters. The average molecular weight is 513 g/mol. The number of hydrogen-bond donors (Lipinski definition) is 3. The molecule has 2 aromatic carbocycles. The van der Waals surface area contributed by atoms with Crippen molar-refractivity contribution < 1.29 is 19.5 Å². The van der Waals surface area contributed by atoms with E-state index < -0.39 is 17.9 Å². The van der Waals surface area contributed by atoms with Crippen molar-refractivity contribution in [3.05, 3.63) is 87.5 Å². The van der Waals surface area contributed by atoms with Gasteiger partial charge in [-0.2, -0.15) is 0 Å².